The second-order valence-electron chi connectivity index (χ2n) is 4.69. The van der Waals surface area contributed by atoms with E-state index in [9.17, 15) is 8.42 Å². The number of methoxy groups -OCH3 is 1. The molecule has 4 nitrogen and oxygen atoms in total. The Morgan fingerprint density at radius 1 is 1.38 bits per heavy atom. The average Bonchev–Trinajstić information content (AvgIpc) is 2.14. The number of alkyl halides is 1. The molecule has 1 N–H and O–H groups in total. The highest BCUT2D eigenvalue weighted by molar-refractivity contribution is 7.92. The molecule has 1 atom stereocenters. The summed E-state index contributed by atoms with van der Waals surface area (Å²) in [6.07, 6.45) is 0. The van der Waals surface area contributed by atoms with Gasteiger partial charge in [-0.25, -0.2) is 8.42 Å². The van der Waals surface area contributed by atoms with Gasteiger partial charge in [-0.1, -0.05) is 0 Å². The van der Waals surface area contributed by atoms with Crippen LogP contribution in [0.2, 0.25) is 0 Å². The third-order valence-electron chi connectivity index (χ3n) is 2.29. The lowest BCUT2D eigenvalue weighted by Gasteiger charge is -2.20. The van der Waals surface area contributed by atoms with E-state index in [1.807, 2.05) is 0 Å². The topological polar surface area (TPSA) is 55.4 Å². The van der Waals surface area contributed by atoms with Gasteiger partial charge in [-0.3, -0.25) is 0 Å². The van der Waals surface area contributed by atoms with Crippen LogP contribution in [0.1, 0.15) is 20.8 Å². The van der Waals surface area contributed by atoms with Crippen molar-refractivity contribution in [3.8, 4) is 0 Å². The maximum atomic E-state index is 11.8. The molecule has 0 rings (SSSR count). The largest absolute Gasteiger partial charge is 0.383 e. The normalized spacial score (nSPS) is 15.1. The molecule has 0 saturated heterocycles. The van der Waals surface area contributed by atoms with Crippen LogP contribution in [0.25, 0.3) is 0 Å². The first kappa shape index (κ1) is 16.2. The number of sulfone groups is 1. The molecule has 0 aliphatic carbocycles. The van der Waals surface area contributed by atoms with Gasteiger partial charge < -0.3 is 10.1 Å². The number of hydrogen-bond donors (Lipinski definition) is 1. The summed E-state index contributed by atoms with van der Waals surface area (Å²) in [7, 11) is -1.47. The number of nitrogens with one attached hydrogen (secondary N) is 1. The molecule has 16 heavy (non-hydrogen) atoms. The minimum absolute atomic E-state index is 0.00170. The fourth-order valence-corrected chi connectivity index (χ4v) is 2.26. The monoisotopic (exact) mass is 271 g/mol. The SMILES string of the molecule is COCC(CCl)NCCS(=O)(=O)C(C)(C)C. The quantitative estimate of drug-likeness (QED) is 0.703. The fourth-order valence-electron chi connectivity index (χ4n) is 1.06. The van der Waals surface area contributed by atoms with E-state index >= 15 is 0 Å². The van der Waals surface area contributed by atoms with Crippen LogP contribution in [0.5, 0.6) is 0 Å². The van der Waals surface area contributed by atoms with Crippen molar-refractivity contribution in [2.24, 2.45) is 0 Å². The van der Waals surface area contributed by atoms with Gasteiger partial charge >= 0.3 is 0 Å². The Morgan fingerprint density at radius 3 is 2.31 bits per heavy atom. The Balaban J connectivity index is 4.07. The molecule has 0 aliphatic rings. The number of halogens is 1. The molecule has 0 fully saturated rings. The second-order valence-corrected chi connectivity index (χ2v) is 7.86. The Hall–Kier alpha value is 0.160. The van der Waals surface area contributed by atoms with E-state index < -0.39 is 14.6 Å². The van der Waals surface area contributed by atoms with Gasteiger partial charge in [0.2, 0.25) is 0 Å². The van der Waals surface area contributed by atoms with Crippen LogP contribution < -0.4 is 5.32 Å². The van der Waals surface area contributed by atoms with E-state index in [1.165, 1.54) is 0 Å². The lowest BCUT2D eigenvalue weighted by atomic mass is 10.3. The summed E-state index contributed by atoms with van der Waals surface area (Å²) in [5.74, 6) is 0.525. The summed E-state index contributed by atoms with van der Waals surface area (Å²) in [4.78, 5) is 0. The summed E-state index contributed by atoms with van der Waals surface area (Å²) in [5.41, 5.74) is 0. The first-order valence-electron chi connectivity index (χ1n) is 5.25. The van der Waals surface area contributed by atoms with Gasteiger partial charge in [0.05, 0.1) is 17.1 Å². The maximum Gasteiger partial charge on any atom is 0.156 e. The van der Waals surface area contributed by atoms with Crippen LogP contribution in [0.15, 0.2) is 0 Å². The summed E-state index contributed by atoms with van der Waals surface area (Å²) >= 11 is 5.69. The van der Waals surface area contributed by atoms with Crippen molar-refractivity contribution >= 4 is 21.4 Å². The summed E-state index contributed by atoms with van der Waals surface area (Å²) in [5, 5.41) is 3.06. The molecule has 0 spiro atoms. The zero-order valence-electron chi connectivity index (χ0n) is 10.4. The van der Waals surface area contributed by atoms with Crippen molar-refractivity contribution < 1.29 is 13.2 Å². The molecule has 0 amide bonds. The lowest BCUT2D eigenvalue weighted by Crippen LogP contribution is -2.40. The van der Waals surface area contributed by atoms with E-state index in [4.69, 9.17) is 16.3 Å². The molecule has 0 aliphatic heterocycles. The summed E-state index contributed by atoms with van der Waals surface area (Å²) in [6, 6.07) is 0.00170. The van der Waals surface area contributed by atoms with Gasteiger partial charge in [0.15, 0.2) is 9.84 Å². The molecule has 0 aromatic carbocycles. The molecule has 0 aromatic heterocycles. The highest BCUT2D eigenvalue weighted by atomic mass is 35.5. The standard InChI is InChI=1S/C10H22ClNO3S/c1-10(2,3)16(13,14)6-5-12-9(7-11)8-15-4/h9,12H,5-8H2,1-4H3. The number of rotatable bonds is 7. The van der Waals surface area contributed by atoms with Gasteiger partial charge in [-0.05, 0) is 20.8 Å². The van der Waals surface area contributed by atoms with Crippen LogP contribution in [-0.2, 0) is 14.6 Å². The molecule has 98 valence electrons. The van der Waals surface area contributed by atoms with Crippen LogP contribution in [0.3, 0.4) is 0 Å². The molecule has 0 bridgehead atoms. The van der Waals surface area contributed by atoms with Crippen LogP contribution in [0, 0.1) is 0 Å². The molecular formula is C10H22ClNO3S. The van der Waals surface area contributed by atoms with Crippen molar-refractivity contribution in [1.82, 2.24) is 5.32 Å². The van der Waals surface area contributed by atoms with E-state index in [0.717, 1.165) is 0 Å². The van der Waals surface area contributed by atoms with Crippen LogP contribution in [0.4, 0.5) is 0 Å². The molecular weight excluding hydrogens is 250 g/mol. The smallest absolute Gasteiger partial charge is 0.156 e. The third kappa shape index (κ3) is 5.48. The first-order chi connectivity index (χ1) is 7.24. The Kier molecular flexibility index (Phi) is 6.86. The first-order valence-corrected chi connectivity index (χ1v) is 7.44. The molecule has 6 heteroatoms. The number of ether oxygens (including phenoxy) is 1. The average molecular weight is 272 g/mol. The van der Waals surface area contributed by atoms with Crippen LogP contribution in [-0.4, -0.2) is 51.1 Å². The van der Waals surface area contributed by atoms with E-state index in [-0.39, 0.29) is 11.8 Å². The molecule has 0 radical (unpaired) electrons. The van der Waals surface area contributed by atoms with E-state index in [1.54, 1.807) is 27.9 Å². The summed E-state index contributed by atoms with van der Waals surface area (Å²) < 4.78 is 27.8. The highest BCUT2D eigenvalue weighted by Crippen LogP contribution is 2.15. The molecule has 0 aromatic rings. The molecule has 1 unspecified atom stereocenters. The molecule has 0 heterocycles. The third-order valence-corrected chi connectivity index (χ3v) is 5.27. The predicted molar refractivity (Wildman–Crippen MR) is 67.9 cm³/mol. The zero-order valence-corrected chi connectivity index (χ0v) is 12.0. The van der Waals surface area contributed by atoms with Crippen LogP contribution >= 0.6 is 11.6 Å². The van der Waals surface area contributed by atoms with E-state index in [0.29, 0.717) is 19.0 Å². The van der Waals surface area contributed by atoms with E-state index in [2.05, 4.69) is 5.32 Å². The Morgan fingerprint density at radius 2 is 1.94 bits per heavy atom. The second kappa shape index (κ2) is 6.79. The maximum absolute atomic E-state index is 11.8. The van der Waals surface area contributed by atoms with Gasteiger partial charge in [0, 0.05) is 25.6 Å². The van der Waals surface area contributed by atoms with Gasteiger partial charge in [-0.15, -0.1) is 11.6 Å². The summed E-state index contributed by atoms with van der Waals surface area (Å²) in [6.45, 7) is 6.00. The van der Waals surface area contributed by atoms with Gasteiger partial charge in [0.25, 0.3) is 0 Å². The Labute approximate surface area is 104 Å². The van der Waals surface area contributed by atoms with Crippen molar-refractivity contribution in [3.63, 3.8) is 0 Å². The minimum atomic E-state index is -3.06. The fraction of sp³-hybridized carbons (Fsp3) is 1.00. The van der Waals surface area contributed by atoms with Crippen molar-refractivity contribution in [3.05, 3.63) is 0 Å². The minimum Gasteiger partial charge on any atom is -0.383 e. The molecule has 0 saturated carbocycles. The van der Waals surface area contributed by atoms with Crippen molar-refractivity contribution in [2.75, 3.05) is 31.9 Å². The van der Waals surface area contributed by atoms with Gasteiger partial charge in [0.1, 0.15) is 0 Å². The Bertz CT molecular complexity index is 285. The van der Waals surface area contributed by atoms with Crippen molar-refractivity contribution in [2.45, 2.75) is 31.6 Å². The number of hydrogen-bond acceptors (Lipinski definition) is 4. The zero-order chi connectivity index (χ0) is 12.8. The lowest BCUT2D eigenvalue weighted by molar-refractivity contribution is 0.174. The van der Waals surface area contributed by atoms with Crippen molar-refractivity contribution in [1.29, 1.82) is 0 Å². The highest BCUT2D eigenvalue weighted by Gasteiger charge is 2.28. The van der Waals surface area contributed by atoms with Gasteiger partial charge in [-0.2, -0.15) is 0 Å². The predicted octanol–water partition coefficient (Wildman–Crippen LogP) is 1.04.